The molecule has 0 aliphatic carbocycles. The van der Waals surface area contributed by atoms with Crippen LogP contribution in [0.15, 0.2) is 54.6 Å². The van der Waals surface area contributed by atoms with Crippen LogP contribution in [-0.2, 0) is 16.1 Å². The van der Waals surface area contributed by atoms with Crippen LogP contribution >= 0.6 is 0 Å². The standard InChI is InChI=1S/C18H16N4O3/c1-12-14-9-5-6-10-15(14)25-17(12)18(23)24-11-16-19-20-21-22(16)13-7-3-2-4-8-13/h2-10,12,17H,11H2,1H3. The van der Waals surface area contributed by atoms with Crippen molar-refractivity contribution in [3.8, 4) is 11.4 Å². The number of aromatic nitrogens is 4. The molecule has 7 heteroatoms. The van der Waals surface area contributed by atoms with Gasteiger partial charge in [-0.15, -0.1) is 5.10 Å². The number of esters is 1. The van der Waals surface area contributed by atoms with Gasteiger partial charge in [0.15, 0.2) is 12.4 Å². The van der Waals surface area contributed by atoms with Crippen LogP contribution in [-0.4, -0.2) is 32.3 Å². The smallest absolute Gasteiger partial charge is 0.348 e. The molecule has 0 N–H and O–H groups in total. The third-order valence-electron chi connectivity index (χ3n) is 4.23. The average Bonchev–Trinajstić information content (AvgIpc) is 3.25. The molecule has 0 spiro atoms. The highest BCUT2D eigenvalue weighted by molar-refractivity contribution is 5.78. The second-order valence-corrected chi connectivity index (χ2v) is 5.82. The van der Waals surface area contributed by atoms with Gasteiger partial charge >= 0.3 is 5.97 Å². The largest absolute Gasteiger partial charge is 0.478 e. The lowest BCUT2D eigenvalue weighted by Gasteiger charge is -2.14. The fourth-order valence-corrected chi connectivity index (χ4v) is 2.90. The van der Waals surface area contributed by atoms with Gasteiger partial charge in [0.05, 0.1) is 5.69 Å². The summed E-state index contributed by atoms with van der Waals surface area (Å²) in [4.78, 5) is 12.4. The van der Waals surface area contributed by atoms with Gasteiger partial charge in [0, 0.05) is 11.5 Å². The summed E-state index contributed by atoms with van der Waals surface area (Å²) in [6.45, 7) is 1.93. The molecule has 2 aromatic carbocycles. The van der Waals surface area contributed by atoms with Crippen molar-refractivity contribution in [3.63, 3.8) is 0 Å². The van der Waals surface area contributed by atoms with Crippen LogP contribution < -0.4 is 4.74 Å². The predicted molar refractivity (Wildman–Crippen MR) is 88.2 cm³/mol. The van der Waals surface area contributed by atoms with Crippen LogP contribution in [0.2, 0.25) is 0 Å². The van der Waals surface area contributed by atoms with E-state index in [1.807, 2.05) is 61.5 Å². The number of nitrogens with zero attached hydrogens (tertiary/aromatic N) is 4. The second-order valence-electron chi connectivity index (χ2n) is 5.82. The fourth-order valence-electron chi connectivity index (χ4n) is 2.90. The topological polar surface area (TPSA) is 79.1 Å². The van der Waals surface area contributed by atoms with Crippen molar-refractivity contribution in [2.75, 3.05) is 0 Å². The van der Waals surface area contributed by atoms with Gasteiger partial charge in [0.1, 0.15) is 5.75 Å². The molecule has 0 amide bonds. The first-order valence-electron chi connectivity index (χ1n) is 7.99. The van der Waals surface area contributed by atoms with Gasteiger partial charge < -0.3 is 9.47 Å². The first-order chi connectivity index (χ1) is 12.2. The maximum atomic E-state index is 12.4. The molecule has 4 rings (SSSR count). The molecule has 0 fully saturated rings. The monoisotopic (exact) mass is 336 g/mol. The molecule has 2 unspecified atom stereocenters. The average molecular weight is 336 g/mol. The van der Waals surface area contributed by atoms with Gasteiger partial charge in [0.25, 0.3) is 0 Å². The molecule has 1 aliphatic rings. The molecule has 0 saturated heterocycles. The minimum atomic E-state index is -0.654. The number of ether oxygens (including phenoxy) is 2. The molecule has 126 valence electrons. The molecule has 7 nitrogen and oxygen atoms in total. The molecule has 25 heavy (non-hydrogen) atoms. The Kier molecular flexibility index (Phi) is 3.89. The molecular weight excluding hydrogens is 320 g/mol. The zero-order valence-electron chi connectivity index (χ0n) is 13.6. The molecule has 2 atom stereocenters. The van der Waals surface area contributed by atoms with Crippen LogP contribution in [0.25, 0.3) is 5.69 Å². The molecule has 0 radical (unpaired) electrons. The number of hydrogen-bond donors (Lipinski definition) is 0. The van der Waals surface area contributed by atoms with Crippen LogP contribution in [0.3, 0.4) is 0 Å². The number of carbonyl (C=O) groups is 1. The van der Waals surface area contributed by atoms with Crippen molar-refractivity contribution >= 4 is 5.97 Å². The maximum absolute atomic E-state index is 12.4. The molecule has 0 bridgehead atoms. The van der Waals surface area contributed by atoms with Gasteiger partial charge in [0.2, 0.25) is 6.10 Å². The lowest BCUT2D eigenvalue weighted by Crippen LogP contribution is -2.30. The van der Waals surface area contributed by atoms with E-state index in [0.29, 0.717) is 5.82 Å². The van der Waals surface area contributed by atoms with Crippen molar-refractivity contribution in [2.45, 2.75) is 25.6 Å². The normalized spacial score (nSPS) is 18.4. The highest BCUT2D eigenvalue weighted by Gasteiger charge is 2.37. The Morgan fingerprint density at radius 3 is 2.72 bits per heavy atom. The third-order valence-corrected chi connectivity index (χ3v) is 4.23. The van der Waals surface area contributed by atoms with Crippen LogP contribution in [0, 0.1) is 0 Å². The second kappa shape index (κ2) is 6.35. The minimum absolute atomic E-state index is 0.0242. The highest BCUT2D eigenvalue weighted by atomic mass is 16.6. The van der Waals surface area contributed by atoms with Gasteiger partial charge in [-0.2, -0.15) is 4.68 Å². The molecule has 3 aromatic rings. The number of para-hydroxylation sites is 2. The van der Waals surface area contributed by atoms with Crippen molar-refractivity contribution in [2.24, 2.45) is 0 Å². The van der Waals surface area contributed by atoms with E-state index >= 15 is 0 Å². The Morgan fingerprint density at radius 1 is 1.16 bits per heavy atom. The summed E-state index contributed by atoms with van der Waals surface area (Å²) >= 11 is 0. The minimum Gasteiger partial charge on any atom is -0.478 e. The predicted octanol–water partition coefficient (Wildman–Crippen LogP) is 2.27. The van der Waals surface area contributed by atoms with Crippen molar-refractivity contribution < 1.29 is 14.3 Å². The number of hydrogen-bond acceptors (Lipinski definition) is 6. The Balaban J connectivity index is 1.45. The van der Waals surface area contributed by atoms with E-state index in [0.717, 1.165) is 17.0 Å². The summed E-state index contributed by atoms with van der Waals surface area (Å²) in [6.07, 6.45) is -0.654. The Morgan fingerprint density at radius 2 is 1.92 bits per heavy atom. The van der Waals surface area contributed by atoms with Crippen molar-refractivity contribution in [3.05, 3.63) is 66.0 Å². The van der Waals surface area contributed by atoms with E-state index in [9.17, 15) is 4.79 Å². The zero-order valence-corrected chi connectivity index (χ0v) is 13.6. The molecular formula is C18H16N4O3. The van der Waals surface area contributed by atoms with Gasteiger partial charge in [-0.3, -0.25) is 0 Å². The van der Waals surface area contributed by atoms with E-state index < -0.39 is 12.1 Å². The quantitative estimate of drug-likeness (QED) is 0.680. The maximum Gasteiger partial charge on any atom is 0.348 e. The summed E-state index contributed by atoms with van der Waals surface area (Å²) in [6, 6.07) is 17.1. The van der Waals surface area contributed by atoms with E-state index in [4.69, 9.17) is 9.47 Å². The van der Waals surface area contributed by atoms with Gasteiger partial charge in [-0.1, -0.05) is 43.3 Å². The summed E-state index contributed by atoms with van der Waals surface area (Å²) < 4.78 is 12.7. The van der Waals surface area contributed by atoms with Gasteiger partial charge in [-0.25, -0.2) is 4.79 Å². The first kappa shape index (κ1) is 15.3. The summed E-state index contributed by atoms with van der Waals surface area (Å²) in [5.74, 6) is 0.689. The van der Waals surface area contributed by atoms with Crippen LogP contribution in [0.4, 0.5) is 0 Å². The highest BCUT2D eigenvalue weighted by Crippen LogP contribution is 2.38. The number of carbonyl (C=O) groups excluding carboxylic acids is 1. The molecule has 1 aromatic heterocycles. The SMILES string of the molecule is CC1c2ccccc2OC1C(=O)OCc1nnnn1-c1ccccc1. The Bertz CT molecular complexity index is 894. The Hall–Kier alpha value is -3.22. The zero-order chi connectivity index (χ0) is 17.2. The van der Waals surface area contributed by atoms with Crippen LogP contribution in [0.1, 0.15) is 24.2 Å². The van der Waals surface area contributed by atoms with E-state index in [-0.39, 0.29) is 12.5 Å². The van der Waals surface area contributed by atoms with Crippen LogP contribution in [0.5, 0.6) is 5.75 Å². The summed E-state index contributed by atoms with van der Waals surface area (Å²) in [5.41, 5.74) is 1.81. The third kappa shape index (κ3) is 2.84. The van der Waals surface area contributed by atoms with E-state index in [2.05, 4.69) is 15.5 Å². The number of rotatable bonds is 4. The number of fused-ring (bicyclic) bond motifs is 1. The van der Waals surface area contributed by atoms with Crippen molar-refractivity contribution in [1.82, 2.24) is 20.2 Å². The Labute approximate surface area is 144 Å². The van der Waals surface area contributed by atoms with Crippen molar-refractivity contribution in [1.29, 1.82) is 0 Å². The first-order valence-corrected chi connectivity index (χ1v) is 7.99. The summed E-state index contributed by atoms with van der Waals surface area (Å²) in [7, 11) is 0. The van der Waals surface area contributed by atoms with E-state index in [1.165, 1.54) is 0 Å². The molecule has 2 heterocycles. The lowest BCUT2D eigenvalue weighted by molar-refractivity contribution is -0.153. The molecule has 1 aliphatic heterocycles. The van der Waals surface area contributed by atoms with Gasteiger partial charge in [-0.05, 0) is 28.6 Å². The fraction of sp³-hybridized carbons (Fsp3) is 0.222. The molecule has 0 saturated carbocycles. The lowest BCUT2D eigenvalue weighted by atomic mass is 9.98. The number of tetrazole rings is 1. The number of benzene rings is 2. The summed E-state index contributed by atoms with van der Waals surface area (Å²) in [5, 5.41) is 11.5. The van der Waals surface area contributed by atoms with E-state index in [1.54, 1.807) is 4.68 Å².